The molecule has 0 atom stereocenters. The molecular formula is C23H16N4O2. The largest absolute Gasteiger partial charge is 0.355 e. The molecule has 6 heteroatoms. The minimum Gasteiger partial charge on any atom is -0.355 e. The maximum Gasteiger partial charge on any atom is 0.277 e. The van der Waals surface area contributed by atoms with Crippen LogP contribution in [0.4, 0.5) is 5.69 Å². The number of nitrogens with one attached hydrogen (secondary N) is 1. The SMILES string of the molecule is O=C(Nc1ccc(-c2cn3ccccc3n2)cc1)c1cc(-c2ccccc2)on1. The Morgan fingerprint density at radius 3 is 2.48 bits per heavy atom. The molecule has 0 saturated heterocycles. The van der Waals surface area contributed by atoms with Gasteiger partial charge in [-0.25, -0.2) is 4.98 Å². The van der Waals surface area contributed by atoms with E-state index >= 15 is 0 Å². The molecule has 5 aromatic rings. The number of pyridine rings is 1. The van der Waals surface area contributed by atoms with Gasteiger partial charge in [0.1, 0.15) is 5.65 Å². The molecule has 29 heavy (non-hydrogen) atoms. The molecule has 5 rings (SSSR count). The van der Waals surface area contributed by atoms with Gasteiger partial charge in [-0.2, -0.15) is 0 Å². The van der Waals surface area contributed by atoms with Crippen molar-refractivity contribution in [1.29, 1.82) is 0 Å². The van der Waals surface area contributed by atoms with Gasteiger partial charge in [-0.15, -0.1) is 0 Å². The lowest BCUT2D eigenvalue weighted by atomic mass is 10.1. The van der Waals surface area contributed by atoms with E-state index in [-0.39, 0.29) is 11.6 Å². The van der Waals surface area contributed by atoms with Gasteiger partial charge in [0.05, 0.1) is 5.69 Å². The molecule has 0 aliphatic rings. The fourth-order valence-corrected chi connectivity index (χ4v) is 3.11. The van der Waals surface area contributed by atoms with E-state index in [1.54, 1.807) is 6.07 Å². The zero-order valence-corrected chi connectivity index (χ0v) is 15.3. The summed E-state index contributed by atoms with van der Waals surface area (Å²) in [5.41, 5.74) is 4.51. The normalized spacial score (nSPS) is 10.9. The van der Waals surface area contributed by atoms with Crippen molar-refractivity contribution in [2.45, 2.75) is 0 Å². The third-order valence-electron chi connectivity index (χ3n) is 4.60. The molecule has 0 bridgehead atoms. The first-order valence-electron chi connectivity index (χ1n) is 9.14. The van der Waals surface area contributed by atoms with E-state index in [2.05, 4.69) is 15.5 Å². The van der Waals surface area contributed by atoms with Crippen molar-refractivity contribution in [3.05, 3.63) is 97.0 Å². The third kappa shape index (κ3) is 3.39. The topological polar surface area (TPSA) is 72.4 Å². The van der Waals surface area contributed by atoms with Gasteiger partial charge in [0, 0.05) is 35.3 Å². The smallest absolute Gasteiger partial charge is 0.277 e. The number of imidazole rings is 1. The average molecular weight is 380 g/mol. The summed E-state index contributed by atoms with van der Waals surface area (Å²) in [5.74, 6) is 0.231. The molecule has 3 heterocycles. The second kappa shape index (κ2) is 7.09. The van der Waals surface area contributed by atoms with Gasteiger partial charge in [-0.3, -0.25) is 4.79 Å². The first kappa shape index (κ1) is 16.9. The third-order valence-corrected chi connectivity index (χ3v) is 4.60. The minimum atomic E-state index is -0.323. The van der Waals surface area contributed by atoms with E-state index in [1.165, 1.54) is 0 Å². The van der Waals surface area contributed by atoms with E-state index < -0.39 is 0 Å². The van der Waals surface area contributed by atoms with Crippen molar-refractivity contribution >= 4 is 17.2 Å². The van der Waals surface area contributed by atoms with Gasteiger partial charge >= 0.3 is 0 Å². The molecule has 1 amide bonds. The average Bonchev–Trinajstić information content (AvgIpc) is 3.42. The number of aromatic nitrogens is 3. The van der Waals surface area contributed by atoms with Crippen molar-refractivity contribution in [3.63, 3.8) is 0 Å². The number of benzene rings is 2. The van der Waals surface area contributed by atoms with Crippen LogP contribution in [0.1, 0.15) is 10.5 Å². The minimum absolute atomic E-state index is 0.230. The van der Waals surface area contributed by atoms with Crippen molar-refractivity contribution in [1.82, 2.24) is 14.5 Å². The monoisotopic (exact) mass is 380 g/mol. The van der Waals surface area contributed by atoms with Crippen LogP contribution >= 0.6 is 0 Å². The zero-order valence-electron chi connectivity index (χ0n) is 15.3. The lowest BCUT2D eigenvalue weighted by Crippen LogP contribution is -2.11. The highest BCUT2D eigenvalue weighted by atomic mass is 16.5. The molecule has 0 fully saturated rings. The number of hydrogen-bond acceptors (Lipinski definition) is 4. The number of carbonyl (C=O) groups is 1. The number of fused-ring (bicyclic) bond motifs is 1. The summed E-state index contributed by atoms with van der Waals surface area (Å²) in [7, 11) is 0. The lowest BCUT2D eigenvalue weighted by molar-refractivity contribution is 0.101. The van der Waals surface area contributed by atoms with Crippen molar-refractivity contribution in [2.24, 2.45) is 0 Å². The highest BCUT2D eigenvalue weighted by Crippen LogP contribution is 2.23. The lowest BCUT2D eigenvalue weighted by Gasteiger charge is -2.03. The van der Waals surface area contributed by atoms with Crippen LogP contribution in [0, 0.1) is 0 Å². The second-order valence-corrected chi connectivity index (χ2v) is 6.57. The predicted molar refractivity (Wildman–Crippen MR) is 111 cm³/mol. The Bertz CT molecular complexity index is 1250. The van der Waals surface area contributed by atoms with Gasteiger partial charge in [-0.1, -0.05) is 53.7 Å². The van der Waals surface area contributed by atoms with Crippen LogP contribution < -0.4 is 5.32 Å². The van der Waals surface area contributed by atoms with Crippen LogP contribution in [0.25, 0.3) is 28.2 Å². The van der Waals surface area contributed by atoms with E-state index in [9.17, 15) is 4.79 Å². The van der Waals surface area contributed by atoms with Gasteiger partial charge in [-0.05, 0) is 24.3 Å². The first-order valence-corrected chi connectivity index (χ1v) is 9.14. The molecule has 1 N–H and O–H groups in total. The Balaban J connectivity index is 1.32. The van der Waals surface area contributed by atoms with Gasteiger partial charge < -0.3 is 14.2 Å². The van der Waals surface area contributed by atoms with Crippen LogP contribution in [0.5, 0.6) is 0 Å². The number of carbonyl (C=O) groups excluding carboxylic acids is 1. The maximum absolute atomic E-state index is 12.5. The van der Waals surface area contributed by atoms with Crippen LogP contribution in [-0.4, -0.2) is 20.4 Å². The molecule has 0 saturated carbocycles. The summed E-state index contributed by atoms with van der Waals surface area (Å²) in [6.07, 6.45) is 3.94. The summed E-state index contributed by atoms with van der Waals surface area (Å²) < 4.78 is 7.27. The Hall–Kier alpha value is -4.19. The van der Waals surface area contributed by atoms with Crippen LogP contribution in [-0.2, 0) is 0 Å². The molecular weight excluding hydrogens is 364 g/mol. The summed E-state index contributed by atoms with van der Waals surface area (Å²) >= 11 is 0. The van der Waals surface area contributed by atoms with E-state index in [4.69, 9.17) is 4.52 Å². The Morgan fingerprint density at radius 1 is 0.897 bits per heavy atom. The number of amides is 1. The van der Waals surface area contributed by atoms with Crippen LogP contribution in [0.2, 0.25) is 0 Å². The molecule has 3 aromatic heterocycles. The standard InChI is InChI=1S/C23H16N4O2/c28-23(19-14-21(29-26-19)17-6-2-1-3-7-17)24-18-11-9-16(10-12-18)20-15-27-13-5-4-8-22(27)25-20/h1-15H,(H,24,28). The van der Waals surface area contributed by atoms with Crippen LogP contribution in [0.15, 0.2) is 95.8 Å². The quantitative estimate of drug-likeness (QED) is 0.481. The van der Waals surface area contributed by atoms with E-state index in [1.807, 2.05) is 89.6 Å². The summed E-state index contributed by atoms with van der Waals surface area (Å²) in [5, 5.41) is 6.72. The predicted octanol–water partition coefficient (Wildman–Crippen LogP) is 4.91. The van der Waals surface area contributed by atoms with Gasteiger partial charge in [0.15, 0.2) is 11.5 Å². The highest BCUT2D eigenvalue weighted by Gasteiger charge is 2.14. The molecule has 140 valence electrons. The molecule has 2 aromatic carbocycles. The second-order valence-electron chi connectivity index (χ2n) is 6.57. The summed E-state index contributed by atoms with van der Waals surface area (Å²) in [6.45, 7) is 0. The number of hydrogen-bond donors (Lipinski definition) is 1. The van der Waals surface area contributed by atoms with Crippen molar-refractivity contribution in [3.8, 4) is 22.6 Å². The Kier molecular flexibility index (Phi) is 4.14. The Labute approximate surface area is 166 Å². The molecule has 0 aliphatic carbocycles. The van der Waals surface area contributed by atoms with Crippen molar-refractivity contribution < 1.29 is 9.32 Å². The number of anilines is 1. The fraction of sp³-hybridized carbons (Fsp3) is 0. The zero-order chi connectivity index (χ0) is 19.6. The molecule has 6 nitrogen and oxygen atoms in total. The molecule has 0 spiro atoms. The van der Waals surface area contributed by atoms with E-state index in [0.29, 0.717) is 11.4 Å². The van der Waals surface area contributed by atoms with Gasteiger partial charge in [0.25, 0.3) is 5.91 Å². The maximum atomic E-state index is 12.5. The summed E-state index contributed by atoms with van der Waals surface area (Å²) in [4.78, 5) is 17.1. The molecule has 0 radical (unpaired) electrons. The summed E-state index contributed by atoms with van der Waals surface area (Å²) in [6, 6.07) is 24.6. The van der Waals surface area contributed by atoms with E-state index in [0.717, 1.165) is 22.5 Å². The molecule has 0 aliphatic heterocycles. The number of rotatable bonds is 4. The Morgan fingerprint density at radius 2 is 1.69 bits per heavy atom. The first-order chi connectivity index (χ1) is 14.3. The fourth-order valence-electron chi connectivity index (χ4n) is 3.11. The molecule has 0 unspecified atom stereocenters. The number of nitrogens with zero attached hydrogens (tertiary/aromatic N) is 3. The van der Waals surface area contributed by atoms with Gasteiger partial charge in [0.2, 0.25) is 0 Å². The van der Waals surface area contributed by atoms with Crippen molar-refractivity contribution in [2.75, 3.05) is 5.32 Å². The van der Waals surface area contributed by atoms with Crippen LogP contribution in [0.3, 0.4) is 0 Å². The highest BCUT2D eigenvalue weighted by molar-refractivity contribution is 6.03.